The summed E-state index contributed by atoms with van der Waals surface area (Å²) in [5.74, 6) is 0. The maximum Gasteiger partial charge on any atom is 0.332 e. The molecule has 0 fully saturated rings. The Bertz CT molecular complexity index is 1290. The van der Waals surface area contributed by atoms with Crippen molar-refractivity contribution < 1.29 is 0 Å². The van der Waals surface area contributed by atoms with Crippen LogP contribution in [0.1, 0.15) is 17.2 Å². The first-order valence-corrected chi connectivity index (χ1v) is 10.4. The van der Waals surface area contributed by atoms with Crippen LogP contribution < -0.4 is 16.6 Å². The first-order valence-electron chi connectivity index (χ1n) is 9.62. The number of halogens is 1. The molecule has 0 amide bonds. The summed E-state index contributed by atoms with van der Waals surface area (Å²) in [6, 6.07) is 18.5. The van der Waals surface area contributed by atoms with Gasteiger partial charge >= 0.3 is 5.69 Å². The van der Waals surface area contributed by atoms with Gasteiger partial charge in [0.15, 0.2) is 11.2 Å². The average Bonchev–Trinajstić information content (AvgIpc) is 3.19. The van der Waals surface area contributed by atoms with Crippen molar-refractivity contribution in [3.8, 4) is 0 Å². The van der Waals surface area contributed by atoms with Gasteiger partial charge in [0.05, 0.1) is 12.4 Å². The van der Waals surface area contributed by atoms with E-state index >= 15 is 0 Å². The van der Waals surface area contributed by atoms with Crippen LogP contribution in [0.3, 0.4) is 0 Å². The predicted octanol–water partition coefficient (Wildman–Crippen LogP) is 2.58. The number of aryl methyl sites for hydroxylation is 1. The Labute approximate surface area is 181 Å². The molecule has 0 aliphatic rings. The van der Waals surface area contributed by atoms with E-state index < -0.39 is 0 Å². The summed E-state index contributed by atoms with van der Waals surface area (Å²) in [4.78, 5) is 29.0. The lowest BCUT2D eigenvalue weighted by Gasteiger charge is -2.20. The van der Waals surface area contributed by atoms with Gasteiger partial charge in [0, 0.05) is 31.7 Å². The fourth-order valence-electron chi connectivity index (χ4n) is 3.62. The Kier molecular flexibility index (Phi) is 5.69. The van der Waals surface area contributed by atoms with E-state index in [1.54, 1.807) is 17.9 Å². The molecule has 8 heteroatoms. The molecule has 4 aromatic rings. The van der Waals surface area contributed by atoms with Gasteiger partial charge in [-0.1, -0.05) is 58.4 Å². The smallest absolute Gasteiger partial charge is 0.323 e. The molecule has 0 saturated carbocycles. The maximum absolute atomic E-state index is 12.6. The Morgan fingerprint density at radius 1 is 0.967 bits per heavy atom. The van der Waals surface area contributed by atoms with Crippen molar-refractivity contribution in [1.82, 2.24) is 24.0 Å². The molecule has 154 valence electrons. The molecule has 2 heterocycles. The lowest BCUT2D eigenvalue weighted by atomic mass is 9.99. The summed E-state index contributed by atoms with van der Waals surface area (Å²) in [7, 11) is 3.11. The van der Waals surface area contributed by atoms with Gasteiger partial charge in [-0.25, -0.2) is 9.78 Å². The zero-order valence-electron chi connectivity index (χ0n) is 16.7. The van der Waals surface area contributed by atoms with Crippen molar-refractivity contribution in [2.45, 2.75) is 12.6 Å². The number of benzene rings is 2. The molecule has 1 N–H and O–H groups in total. The lowest BCUT2D eigenvalue weighted by Crippen LogP contribution is -2.37. The minimum Gasteiger partial charge on any atom is -0.323 e. The zero-order chi connectivity index (χ0) is 21.3. The van der Waals surface area contributed by atoms with Crippen LogP contribution in [-0.4, -0.2) is 25.2 Å². The summed E-state index contributed by atoms with van der Waals surface area (Å²) in [5, 5.41) is 3.59. The Balaban J connectivity index is 1.61. The fourth-order valence-corrected chi connectivity index (χ4v) is 3.89. The van der Waals surface area contributed by atoms with Crippen LogP contribution >= 0.6 is 15.9 Å². The molecule has 7 nitrogen and oxygen atoms in total. The van der Waals surface area contributed by atoms with E-state index in [-0.39, 0.29) is 17.3 Å². The van der Waals surface area contributed by atoms with E-state index in [1.807, 2.05) is 30.3 Å². The Morgan fingerprint density at radius 2 is 1.63 bits per heavy atom. The summed E-state index contributed by atoms with van der Waals surface area (Å²) >= 11 is 3.49. The molecule has 0 aliphatic carbocycles. The van der Waals surface area contributed by atoms with E-state index in [2.05, 4.69) is 50.5 Å². The molecule has 0 bridgehead atoms. The predicted molar refractivity (Wildman–Crippen MR) is 121 cm³/mol. The van der Waals surface area contributed by atoms with Crippen molar-refractivity contribution in [3.63, 3.8) is 0 Å². The monoisotopic (exact) mass is 467 g/mol. The van der Waals surface area contributed by atoms with Crippen LogP contribution in [0.15, 0.2) is 75.0 Å². The molecule has 0 saturated heterocycles. The second kappa shape index (κ2) is 8.41. The number of hydrogen-bond donors (Lipinski definition) is 1. The highest BCUT2D eigenvalue weighted by Crippen LogP contribution is 2.23. The van der Waals surface area contributed by atoms with Gasteiger partial charge in [-0.2, -0.15) is 0 Å². The zero-order valence-corrected chi connectivity index (χ0v) is 18.3. The van der Waals surface area contributed by atoms with Crippen LogP contribution in [0.4, 0.5) is 0 Å². The number of rotatable bonds is 6. The molecular weight excluding hydrogens is 446 g/mol. The van der Waals surface area contributed by atoms with E-state index in [9.17, 15) is 9.59 Å². The summed E-state index contributed by atoms with van der Waals surface area (Å²) in [5.41, 5.74) is 2.43. The van der Waals surface area contributed by atoms with Gasteiger partial charge in [0.1, 0.15) is 0 Å². The van der Waals surface area contributed by atoms with E-state index in [0.29, 0.717) is 24.3 Å². The Hall–Kier alpha value is -2.97. The van der Waals surface area contributed by atoms with Crippen molar-refractivity contribution in [3.05, 3.63) is 97.4 Å². The number of nitrogens with zero attached hydrogens (tertiary/aromatic N) is 4. The van der Waals surface area contributed by atoms with Crippen LogP contribution in [-0.2, 0) is 20.6 Å². The first kappa shape index (κ1) is 20.3. The highest BCUT2D eigenvalue weighted by Gasteiger charge is 2.16. The van der Waals surface area contributed by atoms with Gasteiger partial charge in [0.25, 0.3) is 5.56 Å². The second-order valence-electron chi connectivity index (χ2n) is 7.17. The molecule has 0 unspecified atom stereocenters. The SMILES string of the molecule is Cn1c(=O)c2c(ncn2CCN[C@@H](c2ccccc2)c2ccc(Br)cc2)n(C)c1=O. The number of imidazole rings is 1. The van der Waals surface area contributed by atoms with Crippen molar-refractivity contribution in [1.29, 1.82) is 0 Å². The van der Waals surface area contributed by atoms with Crippen LogP contribution in [0.25, 0.3) is 11.2 Å². The molecule has 2 aromatic heterocycles. The second-order valence-corrected chi connectivity index (χ2v) is 8.08. The molecular formula is C22H22BrN5O2. The topological polar surface area (TPSA) is 73.8 Å². The normalized spacial score (nSPS) is 12.4. The molecule has 4 rings (SSSR count). The highest BCUT2D eigenvalue weighted by molar-refractivity contribution is 9.10. The largest absolute Gasteiger partial charge is 0.332 e. The van der Waals surface area contributed by atoms with Crippen LogP contribution in [0.2, 0.25) is 0 Å². The van der Waals surface area contributed by atoms with Crippen molar-refractivity contribution in [2.75, 3.05) is 6.54 Å². The lowest BCUT2D eigenvalue weighted by molar-refractivity contribution is 0.555. The third-order valence-electron chi connectivity index (χ3n) is 5.25. The molecule has 30 heavy (non-hydrogen) atoms. The maximum atomic E-state index is 12.6. The van der Waals surface area contributed by atoms with E-state index in [4.69, 9.17) is 0 Å². The molecule has 0 spiro atoms. The standard InChI is InChI=1S/C22H22BrN5O2/c1-26-20-19(21(29)27(2)22(26)30)28(14-25-20)13-12-24-18(15-6-4-3-5-7-15)16-8-10-17(23)11-9-16/h3-11,14,18,24H,12-13H2,1-2H3/t18-/m0/s1. The number of nitrogens with one attached hydrogen (secondary N) is 1. The molecule has 1 atom stereocenters. The minimum absolute atomic E-state index is 0.0151. The summed E-state index contributed by atoms with van der Waals surface area (Å²) < 4.78 is 5.34. The van der Waals surface area contributed by atoms with Crippen LogP contribution in [0, 0.1) is 0 Å². The van der Waals surface area contributed by atoms with Crippen molar-refractivity contribution >= 4 is 27.1 Å². The molecule has 0 radical (unpaired) electrons. The fraction of sp³-hybridized carbons (Fsp3) is 0.227. The highest BCUT2D eigenvalue weighted by atomic mass is 79.9. The first-order chi connectivity index (χ1) is 14.5. The third-order valence-corrected chi connectivity index (χ3v) is 5.78. The van der Waals surface area contributed by atoms with E-state index in [0.717, 1.165) is 20.2 Å². The third kappa shape index (κ3) is 3.76. The van der Waals surface area contributed by atoms with Crippen molar-refractivity contribution in [2.24, 2.45) is 14.1 Å². The summed E-state index contributed by atoms with van der Waals surface area (Å²) in [6.45, 7) is 1.16. The van der Waals surface area contributed by atoms with Gasteiger partial charge in [0.2, 0.25) is 0 Å². The number of hydrogen-bond acceptors (Lipinski definition) is 4. The quantitative estimate of drug-likeness (QED) is 0.472. The Morgan fingerprint density at radius 3 is 2.33 bits per heavy atom. The summed E-state index contributed by atoms with van der Waals surface area (Å²) in [6.07, 6.45) is 1.62. The van der Waals surface area contributed by atoms with Gasteiger partial charge < -0.3 is 9.88 Å². The molecule has 0 aliphatic heterocycles. The van der Waals surface area contributed by atoms with Gasteiger partial charge in [-0.05, 0) is 23.3 Å². The average molecular weight is 468 g/mol. The van der Waals surface area contributed by atoms with Gasteiger partial charge in [-0.3, -0.25) is 13.9 Å². The molecule has 2 aromatic carbocycles. The van der Waals surface area contributed by atoms with Crippen LogP contribution in [0.5, 0.6) is 0 Å². The number of aromatic nitrogens is 4. The minimum atomic E-state index is -0.379. The van der Waals surface area contributed by atoms with E-state index in [1.165, 1.54) is 11.6 Å². The number of fused-ring (bicyclic) bond motifs is 1. The van der Waals surface area contributed by atoms with Gasteiger partial charge in [-0.15, -0.1) is 0 Å².